The van der Waals surface area contributed by atoms with Crippen LogP contribution in [0, 0.1) is 18.7 Å². The molecule has 142 valence electrons. The maximum absolute atomic E-state index is 14.6. The number of fused-ring (bicyclic) bond motifs is 2. The number of benzene rings is 2. The van der Waals surface area contributed by atoms with Gasteiger partial charge in [-0.3, -0.25) is 9.89 Å². The van der Waals surface area contributed by atoms with Gasteiger partial charge in [0.05, 0.1) is 27.8 Å². The van der Waals surface area contributed by atoms with Gasteiger partial charge in [0, 0.05) is 5.39 Å². The molecule has 5 nitrogen and oxygen atoms in total. The van der Waals surface area contributed by atoms with Crippen molar-refractivity contribution in [3.8, 4) is 11.1 Å². The first-order chi connectivity index (χ1) is 13.4. The fourth-order valence-electron chi connectivity index (χ4n) is 3.37. The van der Waals surface area contributed by atoms with Crippen LogP contribution >= 0.6 is 22.9 Å². The van der Waals surface area contributed by atoms with Crippen molar-refractivity contribution in [1.29, 1.82) is 0 Å². The molecule has 1 aliphatic rings. The van der Waals surface area contributed by atoms with Gasteiger partial charge in [-0.2, -0.15) is 5.10 Å². The Morgan fingerprint density at radius 1 is 1.43 bits per heavy atom. The molecule has 0 unspecified atom stereocenters. The summed E-state index contributed by atoms with van der Waals surface area (Å²) in [6.07, 6.45) is 0.832. The Hall–Kier alpha value is -2.58. The maximum atomic E-state index is 14.6. The number of aromatic nitrogens is 3. The summed E-state index contributed by atoms with van der Waals surface area (Å²) in [7, 11) is 0. The van der Waals surface area contributed by atoms with Crippen molar-refractivity contribution >= 4 is 55.1 Å². The quantitative estimate of drug-likeness (QED) is 0.478. The average molecular weight is 419 g/mol. The molecule has 0 radical (unpaired) electrons. The highest BCUT2D eigenvalue weighted by Crippen LogP contribution is 2.40. The Balaban J connectivity index is 1.58. The van der Waals surface area contributed by atoms with Crippen LogP contribution in [0.3, 0.4) is 0 Å². The van der Waals surface area contributed by atoms with E-state index < -0.39 is 17.9 Å². The number of H-pyrrole nitrogens is 1. The van der Waals surface area contributed by atoms with Crippen molar-refractivity contribution in [1.82, 2.24) is 15.2 Å². The number of hydrogen-bond acceptors (Lipinski definition) is 4. The van der Waals surface area contributed by atoms with Crippen molar-refractivity contribution < 1.29 is 13.6 Å². The number of rotatable bonds is 3. The lowest BCUT2D eigenvalue weighted by Gasteiger charge is -2.10. The summed E-state index contributed by atoms with van der Waals surface area (Å²) >= 11 is 7.39. The van der Waals surface area contributed by atoms with Crippen LogP contribution in [-0.4, -0.2) is 27.3 Å². The van der Waals surface area contributed by atoms with Gasteiger partial charge in [-0.15, -0.1) is 0 Å². The first-order valence-electron chi connectivity index (χ1n) is 8.60. The third kappa shape index (κ3) is 2.67. The molecule has 0 spiro atoms. The van der Waals surface area contributed by atoms with E-state index in [2.05, 4.69) is 20.5 Å². The van der Waals surface area contributed by atoms with Gasteiger partial charge in [0.25, 0.3) is 0 Å². The second-order valence-corrected chi connectivity index (χ2v) is 8.24. The van der Waals surface area contributed by atoms with E-state index in [1.54, 1.807) is 13.1 Å². The van der Waals surface area contributed by atoms with Gasteiger partial charge in [-0.1, -0.05) is 29.0 Å². The molecular weight excluding hydrogens is 406 g/mol. The van der Waals surface area contributed by atoms with Crippen molar-refractivity contribution in [2.45, 2.75) is 19.5 Å². The van der Waals surface area contributed by atoms with Crippen molar-refractivity contribution in [2.24, 2.45) is 5.92 Å². The zero-order chi connectivity index (χ0) is 19.6. The number of carbonyl (C=O) groups excluding carboxylic acids is 1. The van der Waals surface area contributed by atoms with Crippen molar-refractivity contribution in [2.75, 3.05) is 5.32 Å². The zero-order valence-electron chi connectivity index (χ0n) is 14.5. The number of amides is 1. The molecule has 1 fully saturated rings. The zero-order valence-corrected chi connectivity index (χ0v) is 16.1. The summed E-state index contributed by atoms with van der Waals surface area (Å²) in [5.41, 5.74) is 3.07. The first-order valence-corrected chi connectivity index (χ1v) is 9.80. The van der Waals surface area contributed by atoms with Crippen molar-refractivity contribution in [3.05, 3.63) is 40.8 Å². The number of hydrogen-bond donors (Lipinski definition) is 2. The predicted octanol–water partition coefficient (Wildman–Crippen LogP) is 5.24. The highest BCUT2D eigenvalue weighted by molar-refractivity contribution is 7.22. The number of nitrogens with one attached hydrogen (secondary N) is 2. The molecule has 1 aliphatic carbocycles. The number of nitrogens with zero attached hydrogens (tertiary/aromatic N) is 2. The molecule has 2 aromatic heterocycles. The second kappa shape index (κ2) is 6.22. The van der Waals surface area contributed by atoms with Gasteiger partial charge in [0.1, 0.15) is 17.0 Å². The number of halogens is 3. The molecule has 2 heterocycles. The molecule has 2 aromatic carbocycles. The van der Waals surface area contributed by atoms with Crippen LogP contribution in [0.25, 0.3) is 32.2 Å². The number of alkyl halides is 1. The topological polar surface area (TPSA) is 70.7 Å². The van der Waals surface area contributed by atoms with Crippen LogP contribution in [0.1, 0.15) is 12.0 Å². The smallest absolute Gasteiger partial charge is 0.232 e. The predicted molar refractivity (Wildman–Crippen MR) is 106 cm³/mol. The molecule has 9 heteroatoms. The summed E-state index contributed by atoms with van der Waals surface area (Å²) in [5.74, 6) is -1.41. The summed E-state index contributed by atoms with van der Waals surface area (Å²) in [5, 5.41) is 10.6. The van der Waals surface area contributed by atoms with Crippen LogP contribution in [0.2, 0.25) is 5.02 Å². The minimum Gasteiger partial charge on any atom is -0.302 e. The van der Waals surface area contributed by atoms with Gasteiger partial charge in [-0.25, -0.2) is 13.8 Å². The Labute approximate surface area is 166 Å². The Kier molecular flexibility index (Phi) is 3.89. The number of thiazole rings is 1. The number of aromatic amines is 1. The van der Waals surface area contributed by atoms with Crippen LogP contribution in [0.5, 0.6) is 0 Å². The Bertz CT molecular complexity index is 1270. The van der Waals surface area contributed by atoms with E-state index in [-0.39, 0.29) is 17.4 Å². The van der Waals surface area contributed by atoms with Crippen LogP contribution < -0.4 is 5.32 Å². The van der Waals surface area contributed by atoms with E-state index in [4.69, 9.17) is 11.6 Å². The molecule has 1 saturated carbocycles. The SMILES string of the molecule is Cc1c(F)c(Cl)c2[nH]ncc2c1-c1ccc2nc(NC(=O)[C@@H]3C[C@@H]3F)sc2c1. The molecule has 4 aromatic rings. The van der Waals surface area contributed by atoms with Crippen LogP contribution in [-0.2, 0) is 4.79 Å². The molecule has 5 rings (SSSR count). The lowest BCUT2D eigenvalue weighted by atomic mass is 9.96. The highest BCUT2D eigenvalue weighted by Gasteiger charge is 2.43. The van der Waals surface area contributed by atoms with E-state index in [1.807, 2.05) is 18.2 Å². The highest BCUT2D eigenvalue weighted by atomic mass is 35.5. The molecule has 1 amide bonds. The third-order valence-electron chi connectivity index (χ3n) is 4.98. The second-order valence-electron chi connectivity index (χ2n) is 6.84. The molecule has 0 bridgehead atoms. The van der Waals surface area contributed by atoms with Crippen LogP contribution in [0.15, 0.2) is 24.4 Å². The van der Waals surface area contributed by atoms with E-state index in [0.717, 1.165) is 15.6 Å². The van der Waals surface area contributed by atoms with E-state index in [9.17, 15) is 13.6 Å². The van der Waals surface area contributed by atoms with Gasteiger partial charge < -0.3 is 5.32 Å². The number of anilines is 1. The average Bonchev–Trinajstić information content (AvgIpc) is 3.06. The lowest BCUT2D eigenvalue weighted by molar-refractivity contribution is -0.117. The van der Waals surface area contributed by atoms with Gasteiger partial charge in [0.15, 0.2) is 5.13 Å². The lowest BCUT2D eigenvalue weighted by Crippen LogP contribution is -2.14. The number of carbonyl (C=O) groups is 1. The van der Waals surface area contributed by atoms with Crippen LogP contribution in [0.4, 0.5) is 13.9 Å². The Morgan fingerprint density at radius 2 is 2.21 bits per heavy atom. The van der Waals surface area contributed by atoms with Gasteiger partial charge in [-0.05, 0) is 42.2 Å². The minimum atomic E-state index is -1.05. The third-order valence-corrected chi connectivity index (χ3v) is 6.27. The standard InChI is InChI=1S/C19H13ClF2N4OS/c1-7-14(10-6-23-26-17(10)15(20)16(7)22)8-2-3-12-13(4-8)28-19(24-12)25-18(27)9-5-11(9)21/h2-4,6,9,11H,5H2,1H3,(H,23,26)(H,24,25,27)/t9-,11+/m1/s1. The summed E-state index contributed by atoms with van der Waals surface area (Å²) in [6, 6.07) is 5.54. The molecule has 2 N–H and O–H groups in total. The normalized spacial score (nSPS) is 18.7. The fourth-order valence-corrected chi connectivity index (χ4v) is 4.56. The van der Waals surface area contributed by atoms with E-state index in [1.165, 1.54) is 11.3 Å². The van der Waals surface area contributed by atoms with Crippen molar-refractivity contribution in [3.63, 3.8) is 0 Å². The summed E-state index contributed by atoms with van der Waals surface area (Å²) in [6.45, 7) is 1.68. The molecule has 0 saturated heterocycles. The molecule has 28 heavy (non-hydrogen) atoms. The van der Waals surface area contributed by atoms with E-state index in [0.29, 0.717) is 27.3 Å². The molecule has 0 aliphatic heterocycles. The van der Waals surface area contributed by atoms with Gasteiger partial charge in [0.2, 0.25) is 5.91 Å². The monoisotopic (exact) mass is 418 g/mol. The fraction of sp³-hybridized carbons (Fsp3) is 0.211. The Morgan fingerprint density at radius 3 is 2.96 bits per heavy atom. The van der Waals surface area contributed by atoms with Gasteiger partial charge >= 0.3 is 0 Å². The molecular formula is C19H13ClF2N4OS. The first kappa shape index (κ1) is 17.5. The largest absolute Gasteiger partial charge is 0.302 e. The maximum Gasteiger partial charge on any atom is 0.232 e. The minimum absolute atomic E-state index is 0.0175. The molecule has 2 atom stereocenters. The van der Waals surface area contributed by atoms with E-state index >= 15 is 0 Å². The summed E-state index contributed by atoms with van der Waals surface area (Å²) in [4.78, 5) is 16.3. The summed E-state index contributed by atoms with van der Waals surface area (Å²) < 4.78 is 28.5.